The molecule has 23 heavy (non-hydrogen) atoms. The highest BCUT2D eigenvalue weighted by Crippen LogP contribution is 2.27. The summed E-state index contributed by atoms with van der Waals surface area (Å²) < 4.78 is 10.0. The number of hydrogen-bond acceptors (Lipinski definition) is 7. The molecular weight excluding hydrogens is 316 g/mol. The molecular formula is C16H20N2O4S. The largest absolute Gasteiger partial charge is 0.472 e. The lowest BCUT2D eigenvalue weighted by Gasteiger charge is -2.35. The Bertz CT molecular complexity index is 645. The van der Waals surface area contributed by atoms with Crippen LogP contribution < -0.4 is 0 Å². The third-order valence-electron chi connectivity index (χ3n) is 4.04. The molecule has 0 atom stereocenters. The van der Waals surface area contributed by atoms with Crippen LogP contribution in [0.4, 0.5) is 0 Å². The van der Waals surface area contributed by atoms with Crippen LogP contribution in [0.1, 0.15) is 25.5 Å². The Morgan fingerprint density at radius 1 is 1.52 bits per heavy atom. The highest BCUT2D eigenvalue weighted by atomic mass is 32.1. The molecule has 0 unspecified atom stereocenters. The van der Waals surface area contributed by atoms with Gasteiger partial charge in [-0.3, -0.25) is 4.90 Å². The van der Waals surface area contributed by atoms with Gasteiger partial charge in [-0.15, -0.1) is 11.3 Å². The summed E-state index contributed by atoms with van der Waals surface area (Å²) in [7, 11) is 0. The van der Waals surface area contributed by atoms with E-state index in [9.17, 15) is 9.90 Å². The second-order valence-electron chi connectivity index (χ2n) is 5.68. The normalized spacial score (nSPS) is 18.0. The maximum absolute atomic E-state index is 11.8. The van der Waals surface area contributed by atoms with Gasteiger partial charge in [-0.1, -0.05) is 0 Å². The average molecular weight is 336 g/mol. The summed E-state index contributed by atoms with van der Waals surface area (Å²) in [5, 5.41) is 13.3. The molecule has 0 aromatic carbocycles. The number of aliphatic hydroxyl groups is 1. The van der Waals surface area contributed by atoms with E-state index < -0.39 is 11.6 Å². The van der Waals surface area contributed by atoms with Crippen LogP contribution >= 0.6 is 11.3 Å². The average Bonchev–Trinajstić information content (AvgIpc) is 3.21. The number of carbonyl (C=O) groups excluding carboxylic acids is 1. The Morgan fingerprint density at radius 2 is 2.30 bits per heavy atom. The van der Waals surface area contributed by atoms with Crippen molar-refractivity contribution in [3.8, 4) is 10.6 Å². The van der Waals surface area contributed by atoms with Gasteiger partial charge in [0.15, 0.2) is 5.60 Å². The molecule has 0 radical (unpaired) electrons. The van der Waals surface area contributed by atoms with Gasteiger partial charge in [0.1, 0.15) is 11.3 Å². The first-order valence-corrected chi connectivity index (χ1v) is 8.57. The summed E-state index contributed by atoms with van der Waals surface area (Å²) in [5.74, 6) is -0.504. The van der Waals surface area contributed by atoms with E-state index in [0.29, 0.717) is 39.1 Å². The molecule has 3 rings (SSSR count). The molecule has 1 aliphatic rings. The van der Waals surface area contributed by atoms with Crippen molar-refractivity contribution in [1.82, 2.24) is 9.88 Å². The predicted molar refractivity (Wildman–Crippen MR) is 85.9 cm³/mol. The van der Waals surface area contributed by atoms with E-state index in [-0.39, 0.29) is 0 Å². The number of piperidine rings is 1. The zero-order chi connectivity index (χ0) is 16.3. The molecule has 1 aliphatic heterocycles. The van der Waals surface area contributed by atoms with E-state index in [1.807, 2.05) is 11.4 Å². The van der Waals surface area contributed by atoms with Gasteiger partial charge in [0, 0.05) is 30.6 Å². The molecule has 3 heterocycles. The molecule has 2 aromatic heterocycles. The van der Waals surface area contributed by atoms with Gasteiger partial charge in [0.2, 0.25) is 0 Å². The van der Waals surface area contributed by atoms with Crippen LogP contribution in [-0.2, 0) is 16.1 Å². The third kappa shape index (κ3) is 3.63. The molecule has 2 aromatic rings. The van der Waals surface area contributed by atoms with Crippen molar-refractivity contribution in [1.29, 1.82) is 0 Å². The van der Waals surface area contributed by atoms with E-state index in [1.165, 1.54) is 0 Å². The highest BCUT2D eigenvalue weighted by Gasteiger charge is 2.40. The van der Waals surface area contributed by atoms with Gasteiger partial charge < -0.3 is 14.3 Å². The Kier molecular flexibility index (Phi) is 4.79. The number of thiazole rings is 1. The standard InChI is InChI=1S/C16H20N2O4S/c1-2-22-15(19)16(20)4-6-18(7-5-16)9-13-11-23-14(17-13)12-3-8-21-10-12/h3,8,10-11,20H,2,4-7,9H2,1H3. The molecule has 0 aliphatic carbocycles. The van der Waals surface area contributed by atoms with Crippen molar-refractivity contribution in [2.45, 2.75) is 31.9 Å². The summed E-state index contributed by atoms with van der Waals surface area (Å²) in [6.45, 7) is 4.05. The van der Waals surface area contributed by atoms with Crippen molar-refractivity contribution in [3.05, 3.63) is 29.7 Å². The second kappa shape index (κ2) is 6.82. The quantitative estimate of drug-likeness (QED) is 0.844. The lowest BCUT2D eigenvalue weighted by molar-refractivity contribution is -0.170. The smallest absolute Gasteiger partial charge is 0.338 e. The molecule has 1 saturated heterocycles. The highest BCUT2D eigenvalue weighted by molar-refractivity contribution is 7.13. The number of likely N-dealkylation sites (tertiary alicyclic amines) is 1. The number of nitrogens with zero attached hydrogens (tertiary/aromatic N) is 2. The van der Waals surface area contributed by atoms with Crippen LogP contribution in [0.3, 0.4) is 0 Å². The Hall–Kier alpha value is -1.70. The molecule has 0 bridgehead atoms. The van der Waals surface area contributed by atoms with Crippen molar-refractivity contribution in [3.63, 3.8) is 0 Å². The van der Waals surface area contributed by atoms with E-state index >= 15 is 0 Å². The minimum Gasteiger partial charge on any atom is -0.472 e. The SMILES string of the molecule is CCOC(=O)C1(O)CCN(Cc2csc(-c3ccoc3)n2)CC1. The first-order chi connectivity index (χ1) is 11.1. The summed E-state index contributed by atoms with van der Waals surface area (Å²) in [6, 6.07) is 1.89. The van der Waals surface area contributed by atoms with Crippen LogP contribution in [0.15, 0.2) is 28.4 Å². The van der Waals surface area contributed by atoms with Crippen LogP contribution in [0.25, 0.3) is 10.6 Å². The second-order valence-corrected chi connectivity index (χ2v) is 6.54. The van der Waals surface area contributed by atoms with Crippen molar-refractivity contribution < 1.29 is 19.1 Å². The topological polar surface area (TPSA) is 75.8 Å². The number of carbonyl (C=O) groups is 1. The number of hydrogen-bond donors (Lipinski definition) is 1. The lowest BCUT2D eigenvalue weighted by Crippen LogP contribution is -2.49. The van der Waals surface area contributed by atoms with Crippen LogP contribution in [-0.4, -0.2) is 46.3 Å². The van der Waals surface area contributed by atoms with Gasteiger partial charge >= 0.3 is 5.97 Å². The first kappa shape index (κ1) is 16.2. The van der Waals surface area contributed by atoms with Crippen molar-refractivity contribution in [2.75, 3.05) is 19.7 Å². The van der Waals surface area contributed by atoms with Crippen LogP contribution in [0.2, 0.25) is 0 Å². The summed E-state index contributed by atoms with van der Waals surface area (Å²) in [4.78, 5) is 18.6. The molecule has 1 fully saturated rings. The van der Waals surface area contributed by atoms with Gasteiger partial charge in [0.05, 0.1) is 18.6 Å². The van der Waals surface area contributed by atoms with E-state index in [2.05, 4.69) is 9.88 Å². The summed E-state index contributed by atoms with van der Waals surface area (Å²) in [6.07, 6.45) is 4.11. The fourth-order valence-electron chi connectivity index (χ4n) is 2.68. The summed E-state index contributed by atoms with van der Waals surface area (Å²) in [5.41, 5.74) is 0.639. The number of ether oxygens (including phenoxy) is 1. The van der Waals surface area contributed by atoms with Crippen LogP contribution in [0.5, 0.6) is 0 Å². The molecule has 0 amide bonds. The number of esters is 1. The van der Waals surface area contributed by atoms with Crippen LogP contribution in [0, 0.1) is 0 Å². The van der Waals surface area contributed by atoms with Crippen molar-refractivity contribution in [2.24, 2.45) is 0 Å². The Labute approximate surface area is 138 Å². The van der Waals surface area contributed by atoms with Gasteiger partial charge in [-0.25, -0.2) is 9.78 Å². The predicted octanol–water partition coefficient (Wildman–Crippen LogP) is 2.29. The molecule has 7 heteroatoms. The minimum atomic E-state index is -1.34. The van der Waals surface area contributed by atoms with E-state index in [4.69, 9.17) is 9.15 Å². The number of aromatic nitrogens is 1. The van der Waals surface area contributed by atoms with Gasteiger partial charge in [-0.2, -0.15) is 0 Å². The molecule has 6 nitrogen and oxygen atoms in total. The zero-order valence-corrected chi connectivity index (χ0v) is 13.8. The monoisotopic (exact) mass is 336 g/mol. The van der Waals surface area contributed by atoms with E-state index in [0.717, 1.165) is 16.3 Å². The lowest BCUT2D eigenvalue weighted by atomic mass is 9.91. The zero-order valence-electron chi connectivity index (χ0n) is 13.0. The maximum atomic E-state index is 11.8. The number of rotatable bonds is 5. The third-order valence-corrected chi connectivity index (χ3v) is 4.98. The first-order valence-electron chi connectivity index (χ1n) is 7.69. The maximum Gasteiger partial charge on any atom is 0.338 e. The molecule has 1 N–H and O–H groups in total. The van der Waals surface area contributed by atoms with Crippen molar-refractivity contribution >= 4 is 17.3 Å². The van der Waals surface area contributed by atoms with Gasteiger partial charge in [-0.05, 0) is 25.8 Å². The fraction of sp³-hybridized carbons (Fsp3) is 0.500. The van der Waals surface area contributed by atoms with E-state index in [1.54, 1.807) is 30.8 Å². The number of furan rings is 1. The Balaban J connectivity index is 1.56. The van der Waals surface area contributed by atoms with Gasteiger partial charge in [0.25, 0.3) is 0 Å². The minimum absolute atomic E-state index is 0.292. The molecule has 0 spiro atoms. The summed E-state index contributed by atoms with van der Waals surface area (Å²) >= 11 is 1.59. The molecule has 0 saturated carbocycles. The molecule has 124 valence electrons. The Morgan fingerprint density at radius 3 is 2.96 bits per heavy atom. The fourth-order valence-corrected chi connectivity index (χ4v) is 3.48.